The van der Waals surface area contributed by atoms with Crippen molar-refractivity contribution in [1.82, 2.24) is 15.2 Å². The van der Waals surface area contributed by atoms with E-state index in [1.54, 1.807) is 32.0 Å². The molecule has 1 aromatic carbocycles. The van der Waals surface area contributed by atoms with Gasteiger partial charge in [0.25, 0.3) is 0 Å². The molecule has 1 unspecified atom stereocenters. The van der Waals surface area contributed by atoms with Crippen LogP contribution >= 0.6 is 23.4 Å². The normalized spacial score (nSPS) is 12.0. The molecule has 8 heteroatoms. The van der Waals surface area contributed by atoms with Gasteiger partial charge in [-0.15, -0.1) is 5.10 Å². The van der Waals surface area contributed by atoms with Crippen molar-refractivity contribution in [2.75, 3.05) is 12.4 Å². The second-order valence-electron chi connectivity index (χ2n) is 4.30. The fourth-order valence-corrected chi connectivity index (χ4v) is 2.54. The van der Waals surface area contributed by atoms with Gasteiger partial charge in [-0.2, -0.15) is 0 Å². The second-order valence-corrected chi connectivity index (χ2v) is 6.04. The lowest BCUT2D eigenvalue weighted by molar-refractivity contribution is -0.115. The maximum Gasteiger partial charge on any atom is 0.237 e. The first-order valence-corrected chi connectivity index (χ1v) is 7.45. The Morgan fingerprint density at radius 1 is 1.52 bits per heavy atom. The number of carbonyl (C=O) groups is 1. The maximum atomic E-state index is 12.2. The number of aryl methyl sites for hydroxylation is 1. The lowest BCUT2D eigenvalue weighted by Gasteiger charge is -2.13. The molecule has 0 aliphatic heterocycles. The van der Waals surface area contributed by atoms with E-state index in [-0.39, 0.29) is 11.2 Å². The Balaban J connectivity index is 2.05. The molecular weight excluding hydrogens is 312 g/mol. The molecule has 2 N–H and O–H groups in total. The van der Waals surface area contributed by atoms with Gasteiger partial charge in [0.15, 0.2) is 0 Å². The first-order chi connectivity index (χ1) is 9.99. The number of anilines is 1. The zero-order valence-electron chi connectivity index (χ0n) is 11.8. The molecule has 1 heterocycles. The summed E-state index contributed by atoms with van der Waals surface area (Å²) in [5.41, 5.74) is 0.536. The van der Waals surface area contributed by atoms with E-state index in [4.69, 9.17) is 16.3 Å². The van der Waals surface area contributed by atoms with Crippen molar-refractivity contribution in [3.63, 3.8) is 0 Å². The summed E-state index contributed by atoms with van der Waals surface area (Å²) in [6, 6.07) is 5.05. The van der Waals surface area contributed by atoms with Crippen molar-refractivity contribution < 1.29 is 9.53 Å². The Morgan fingerprint density at radius 2 is 2.29 bits per heavy atom. The first-order valence-electron chi connectivity index (χ1n) is 6.19. The third-order valence-corrected chi connectivity index (χ3v) is 3.84. The Hall–Kier alpha value is -1.73. The van der Waals surface area contributed by atoms with Crippen LogP contribution < -0.4 is 10.1 Å². The Kier molecular flexibility index (Phi) is 5.08. The molecule has 0 aliphatic rings. The molecule has 0 saturated carbocycles. The third kappa shape index (κ3) is 4.12. The van der Waals surface area contributed by atoms with Gasteiger partial charge in [0.05, 0.1) is 18.0 Å². The number of thioether (sulfide) groups is 1. The van der Waals surface area contributed by atoms with Crippen LogP contribution in [0.15, 0.2) is 23.4 Å². The summed E-state index contributed by atoms with van der Waals surface area (Å²) >= 11 is 7.20. The molecule has 1 atom stereocenters. The molecule has 0 aliphatic carbocycles. The molecule has 0 spiro atoms. The van der Waals surface area contributed by atoms with Crippen LogP contribution in [0.4, 0.5) is 5.69 Å². The Labute approximate surface area is 131 Å². The number of hydrogen-bond acceptors (Lipinski definition) is 5. The molecule has 0 fully saturated rings. The summed E-state index contributed by atoms with van der Waals surface area (Å²) in [7, 11) is 1.54. The van der Waals surface area contributed by atoms with Crippen molar-refractivity contribution in [2.24, 2.45) is 0 Å². The van der Waals surface area contributed by atoms with Gasteiger partial charge in [-0.1, -0.05) is 23.4 Å². The zero-order valence-corrected chi connectivity index (χ0v) is 13.4. The largest absolute Gasteiger partial charge is 0.495 e. The minimum absolute atomic E-state index is 0.178. The van der Waals surface area contributed by atoms with Crippen LogP contribution in [0.25, 0.3) is 0 Å². The molecule has 0 bridgehead atoms. The number of rotatable bonds is 5. The van der Waals surface area contributed by atoms with E-state index in [9.17, 15) is 4.79 Å². The van der Waals surface area contributed by atoms with Crippen LogP contribution in [-0.4, -0.2) is 33.4 Å². The van der Waals surface area contributed by atoms with Crippen molar-refractivity contribution in [1.29, 1.82) is 0 Å². The number of nitrogens with zero attached hydrogens (tertiary/aromatic N) is 2. The average Bonchev–Trinajstić information content (AvgIpc) is 2.84. The highest BCUT2D eigenvalue weighted by molar-refractivity contribution is 8.00. The standard InChI is InChI=1S/C13H15ClN4O2S/c1-7(21-13-15-8(2)17-18-13)12(19)16-10-6-9(14)4-5-11(10)20-3/h4-7H,1-3H3,(H,16,19)(H,15,17,18). The van der Waals surface area contributed by atoms with Crippen molar-refractivity contribution >= 4 is 35.0 Å². The van der Waals surface area contributed by atoms with Crippen LogP contribution in [0.2, 0.25) is 5.02 Å². The predicted octanol–water partition coefficient (Wildman–Crippen LogP) is 2.89. The van der Waals surface area contributed by atoms with Crippen LogP contribution in [0, 0.1) is 6.92 Å². The number of hydrogen-bond donors (Lipinski definition) is 2. The zero-order chi connectivity index (χ0) is 15.4. The van der Waals surface area contributed by atoms with Gasteiger partial charge in [-0.25, -0.2) is 4.98 Å². The number of nitrogens with one attached hydrogen (secondary N) is 2. The van der Waals surface area contributed by atoms with E-state index in [1.807, 2.05) is 0 Å². The number of ether oxygens (including phenoxy) is 1. The van der Waals surface area contributed by atoms with E-state index in [0.29, 0.717) is 27.4 Å². The second kappa shape index (κ2) is 6.82. The quantitative estimate of drug-likeness (QED) is 0.826. The molecule has 2 rings (SSSR count). The molecule has 1 aromatic heterocycles. The van der Waals surface area contributed by atoms with Crippen LogP contribution in [0.5, 0.6) is 5.75 Å². The number of methoxy groups -OCH3 is 1. The minimum atomic E-state index is -0.358. The maximum absolute atomic E-state index is 12.2. The summed E-state index contributed by atoms with van der Waals surface area (Å²) in [4.78, 5) is 16.4. The number of aromatic amines is 1. The van der Waals surface area contributed by atoms with E-state index < -0.39 is 0 Å². The van der Waals surface area contributed by atoms with E-state index in [1.165, 1.54) is 18.9 Å². The van der Waals surface area contributed by atoms with Gasteiger partial charge in [0.2, 0.25) is 11.1 Å². The fourth-order valence-electron chi connectivity index (χ4n) is 1.60. The molecule has 6 nitrogen and oxygen atoms in total. The van der Waals surface area contributed by atoms with Crippen LogP contribution in [-0.2, 0) is 4.79 Å². The van der Waals surface area contributed by atoms with E-state index >= 15 is 0 Å². The van der Waals surface area contributed by atoms with Crippen molar-refractivity contribution in [3.8, 4) is 5.75 Å². The van der Waals surface area contributed by atoms with Gasteiger partial charge in [0, 0.05) is 5.02 Å². The summed E-state index contributed by atoms with van der Waals surface area (Å²) in [6.07, 6.45) is 0. The first kappa shape index (κ1) is 15.7. The van der Waals surface area contributed by atoms with Crippen LogP contribution in [0.3, 0.4) is 0 Å². The van der Waals surface area contributed by atoms with Gasteiger partial charge in [-0.3, -0.25) is 9.89 Å². The van der Waals surface area contributed by atoms with Gasteiger partial charge < -0.3 is 10.1 Å². The van der Waals surface area contributed by atoms with Gasteiger partial charge >= 0.3 is 0 Å². The van der Waals surface area contributed by atoms with E-state index in [2.05, 4.69) is 20.5 Å². The smallest absolute Gasteiger partial charge is 0.237 e. The number of benzene rings is 1. The molecular formula is C13H15ClN4O2S. The third-order valence-electron chi connectivity index (χ3n) is 2.65. The highest BCUT2D eigenvalue weighted by Gasteiger charge is 2.18. The average molecular weight is 327 g/mol. The van der Waals surface area contributed by atoms with Crippen molar-refractivity contribution in [2.45, 2.75) is 24.3 Å². The number of amides is 1. The summed E-state index contributed by atoms with van der Waals surface area (Å²) in [5, 5.41) is 10.2. The molecule has 0 saturated heterocycles. The summed E-state index contributed by atoms with van der Waals surface area (Å²) in [5.74, 6) is 1.09. The predicted molar refractivity (Wildman–Crippen MR) is 83.1 cm³/mol. The molecule has 2 aromatic rings. The number of halogens is 1. The topological polar surface area (TPSA) is 79.9 Å². The van der Waals surface area contributed by atoms with Crippen molar-refractivity contribution in [3.05, 3.63) is 29.0 Å². The Morgan fingerprint density at radius 3 is 2.90 bits per heavy atom. The number of aromatic nitrogens is 3. The highest BCUT2D eigenvalue weighted by Crippen LogP contribution is 2.29. The Bertz CT molecular complexity index is 647. The number of H-pyrrole nitrogens is 1. The number of carbonyl (C=O) groups excluding carboxylic acids is 1. The fraction of sp³-hybridized carbons (Fsp3) is 0.308. The molecule has 112 valence electrons. The lowest BCUT2D eigenvalue weighted by atomic mass is 10.3. The molecule has 0 radical (unpaired) electrons. The lowest BCUT2D eigenvalue weighted by Crippen LogP contribution is -2.22. The van der Waals surface area contributed by atoms with E-state index in [0.717, 1.165) is 0 Å². The SMILES string of the molecule is COc1ccc(Cl)cc1NC(=O)C(C)Sc1n[nH]c(C)n1. The van der Waals surface area contributed by atoms with Gasteiger partial charge in [-0.05, 0) is 32.0 Å². The highest BCUT2D eigenvalue weighted by atomic mass is 35.5. The molecule has 21 heavy (non-hydrogen) atoms. The molecule has 1 amide bonds. The minimum Gasteiger partial charge on any atom is -0.495 e. The monoisotopic (exact) mass is 326 g/mol. The van der Waals surface area contributed by atoms with Gasteiger partial charge in [0.1, 0.15) is 11.6 Å². The summed E-state index contributed by atoms with van der Waals surface area (Å²) < 4.78 is 5.19. The van der Waals surface area contributed by atoms with Crippen LogP contribution in [0.1, 0.15) is 12.7 Å². The summed E-state index contributed by atoms with van der Waals surface area (Å²) in [6.45, 7) is 3.58.